The lowest BCUT2D eigenvalue weighted by atomic mass is 9.95. The molecule has 0 aromatic heterocycles. The van der Waals surface area contributed by atoms with Gasteiger partial charge in [-0.05, 0) is 51.6 Å². The quantitative estimate of drug-likeness (QED) is 0.795. The highest BCUT2D eigenvalue weighted by Crippen LogP contribution is 2.32. The highest BCUT2D eigenvalue weighted by molar-refractivity contribution is 5.81. The van der Waals surface area contributed by atoms with Crippen molar-refractivity contribution in [2.45, 2.75) is 64.5 Å². The zero-order chi connectivity index (χ0) is 16.4. The third kappa shape index (κ3) is 3.39. The summed E-state index contributed by atoms with van der Waals surface area (Å²) in [6.07, 6.45) is 6.67. The van der Waals surface area contributed by atoms with Crippen LogP contribution in [0.15, 0.2) is 0 Å². The van der Waals surface area contributed by atoms with Crippen molar-refractivity contribution in [1.29, 1.82) is 0 Å². The van der Waals surface area contributed by atoms with Gasteiger partial charge in [-0.2, -0.15) is 0 Å². The van der Waals surface area contributed by atoms with Gasteiger partial charge in [0.2, 0.25) is 11.8 Å². The summed E-state index contributed by atoms with van der Waals surface area (Å²) < 4.78 is 0. The third-order valence-electron chi connectivity index (χ3n) is 6.06. The van der Waals surface area contributed by atoms with Crippen LogP contribution in [0.25, 0.3) is 0 Å². The molecular weight excluding hydrogens is 290 g/mol. The Hall–Kier alpha value is -1.10. The molecule has 3 aliphatic heterocycles. The molecule has 23 heavy (non-hydrogen) atoms. The topological polar surface area (TPSA) is 43.9 Å². The van der Waals surface area contributed by atoms with Crippen molar-refractivity contribution >= 4 is 11.8 Å². The zero-order valence-electron chi connectivity index (χ0n) is 14.7. The largest absolute Gasteiger partial charge is 0.342 e. The summed E-state index contributed by atoms with van der Waals surface area (Å²) in [6, 6.07) is 0.955. The Kier molecular flexibility index (Phi) is 5.24. The maximum absolute atomic E-state index is 13.1. The van der Waals surface area contributed by atoms with E-state index in [1.54, 1.807) is 6.92 Å². The van der Waals surface area contributed by atoms with Gasteiger partial charge >= 0.3 is 0 Å². The van der Waals surface area contributed by atoms with Gasteiger partial charge in [-0.15, -0.1) is 0 Å². The van der Waals surface area contributed by atoms with Crippen LogP contribution < -0.4 is 0 Å². The monoisotopic (exact) mass is 321 g/mol. The maximum atomic E-state index is 13.1. The molecule has 0 bridgehead atoms. The molecule has 0 spiro atoms. The van der Waals surface area contributed by atoms with Gasteiger partial charge in [0.25, 0.3) is 0 Å². The van der Waals surface area contributed by atoms with Gasteiger partial charge in [0, 0.05) is 38.6 Å². The fourth-order valence-electron chi connectivity index (χ4n) is 4.85. The molecule has 0 aromatic carbocycles. The van der Waals surface area contributed by atoms with Crippen molar-refractivity contribution < 1.29 is 9.59 Å². The first kappa shape index (κ1) is 16.7. The first-order chi connectivity index (χ1) is 11.1. The first-order valence-corrected chi connectivity index (χ1v) is 9.42. The standard InChI is InChI=1S/C18H31N3O2/c1-3-19-10-5-8-16(19)17-9-6-12-21(17)18(23)15-7-4-11-20(13-15)14(2)22/h15-17H,3-13H2,1-2H3/t15-,16+,17+/m0/s1. The van der Waals surface area contributed by atoms with Gasteiger partial charge < -0.3 is 9.80 Å². The van der Waals surface area contributed by atoms with Gasteiger partial charge in [-0.3, -0.25) is 14.5 Å². The van der Waals surface area contributed by atoms with E-state index in [9.17, 15) is 9.59 Å². The van der Waals surface area contributed by atoms with Crippen molar-refractivity contribution in [3.63, 3.8) is 0 Å². The minimum absolute atomic E-state index is 0.0183. The molecule has 3 fully saturated rings. The number of hydrogen-bond donors (Lipinski definition) is 0. The predicted molar refractivity (Wildman–Crippen MR) is 90.0 cm³/mol. The molecule has 130 valence electrons. The third-order valence-corrected chi connectivity index (χ3v) is 6.06. The first-order valence-electron chi connectivity index (χ1n) is 9.42. The molecule has 3 atom stereocenters. The highest BCUT2D eigenvalue weighted by atomic mass is 16.2. The minimum Gasteiger partial charge on any atom is -0.342 e. The minimum atomic E-state index is 0.0183. The Bertz CT molecular complexity index is 454. The van der Waals surface area contributed by atoms with E-state index in [4.69, 9.17) is 0 Å². The molecule has 3 aliphatic rings. The number of piperidine rings is 1. The predicted octanol–water partition coefficient (Wildman–Crippen LogP) is 1.72. The van der Waals surface area contributed by atoms with Crippen LogP contribution in [-0.4, -0.2) is 71.3 Å². The van der Waals surface area contributed by atoms with Crippen molar-refractivity contribution in [2.75, 3.05) is 32.7 Å². The number of carbonyl (C=O) groups is 2. The van der Waals surface area contributed by atoms with Gasteiger partial charge in [0.05, 0.1) is 5.92 Å². The molecule has 0 unspecified atom stereocenters. The summed E-state index contributed by atoms with van der Waals surface area (Å²) in [6.45, 7) is 8.46. The van der Waals surface area contributed by atoms with Crippen LogP contribution in [0.4, 0.5) is 0 Å². The van der Waals surface area contributed by atoms with E-state index >= 15 is 0 Å². The molecule has 3 saturated heterocycles. The number of rotatable bonds is 3. The second kappa shape index (κ2) is 7.20. The van der Waals surface area contributed by atoms with E-state index in [1.165, 1.54) is 19.4 Å². The van der Waals surface area contributed by atoms with Crippen molar-refractivity contribution in [1.82, 2.24) is 14.7 Å². The lowest BCUT2D eigenvalue weighted by Crippen LogP contribution is -2.52. The maximum Gasteiger partial charge on any atom is 0.227 e. The van der Waals surface area contributed by atoms with Crippen LogP contribution in [0, 0.1) is 5.92 Å². The molecule has 2 amide bonds. The summed E-state index contributed by atoms with van der Waals surface area (Å²) in [5.41, 5.74) is 0. The van der Waals surface area contributed by atoms with Crippen LogP contribution in [0.3, 0.4) is 0 Å². The summed E-state index contributed by atoms with van der Waals surface area (Å²) in [5.74, 6) is 0.430. The summed E-state index contributed by atoms with van der Waals surface area (Å²) >= 11 is 0. The number of carbonyl (C=O) groups excluding carboxylic acids is 2. The molecule has 5 heteroatoms. The summed E-state index contributed by atoms with van der Waals surface area (Å²) in [5, 5.41) is 0. The number of nitrogens with zero attached hydrogens (tertiary/aromatic N) is 3. The van der Waals surface area contributed by atoms with Crippen molar-refractivity contribution in [3.8, 4) is 0 Å². The van der Waals surface area contributed by atoms with Gasteiger partial charge in [0.1, 0.15) is 0 Å². The van der Waals surface area contributed by atoms with Gasteiger partial charge in [-0.1, -0.05) is 6.92 Å². The van der Waals surface area contributed by atoms with E-state index in [0.29, 0.717) is 24.5 Å². The van der Waals surface area contributed by atoms with Crippen LogP contribution in [-0.2, 0) is 9.59 Å². The van der Waals surface area contributed by atoms with Gasteiger partial charge in [0.15, 0.2) is 0 Å². The van der Waals surface area contributed by atoms with E-state index in [2.05, 4.69) is 16.7 Å². The zero-order valence-corrected chi connectivity index (χ0v) is 14.7. The SMILES string of the molecule is CCN1CCC[C@@H]1[C@H]1CCCN1C(=O)[C@H]1CCCN(C(C)=O)C1. The molecule has 0 saturated carbocycles. The van der Waals surface area contributed by atoms with Gasteiger partial charge in [-0.25, -0.2) is 0 Å². The van der Waals surface area contributed by atoms with E-state index in [0.717, 1.165) is 45.3 Å². The van der Waals surface area contributed by atoms with Crippen molar-refractivity contribution in [3.05, 3.63) is 0 Å². The highest BCUT2D eigenvalue weighted by Gasteiger charge is 2.41. The summed E-state index contributed by atoms with van der Waals surface area (Å²) in [4.78, 5) is 31.3. The smallest absolute Gasteiger partial charge is 0.227 e. The number of likely N-dealkylation sites (N-methyl/N-ethyl adjacent to an activating group) is 1. The van der Waals surface area contributed by atoms with E-state index < -0.39 is 0 Å². The molecular formula is C18H31N3O2. The molecule has 0 N–H and O–H groups in total. The molecule has 3 rings (SSSR count). The molecule has 0 aliphatic carbocycles. The van der Waals surface area contributed by atoms with Crippen molar-refractivity contribution in [2.24, 2.45) is 5.92 Å². The number of likely N-dealkylation sites (tertiary alicyclic amines) is 3. The average Bonchev–Trinajstić information content (AvgIpc) is 3.22. The van der Waals surface area contributed by atoms with Crippen LogP contribution in [0.1, 0.15) is 52.4 Å². The van der Waals surface area contributed by atoms with E-state index in [-0.39, 0.29) is 11.8 Å². The lowest BCUT2D eigenvalue weighted by molar-refractivity contribution is -0.141. The van der Waals surface area contributed by atoms with Crippen LogP contribution in [0.5, 0.6) is 0 Å². The molecule has 0 aromatic rings. The summed E-state index contributed by atoms with van der Waals surface area (Å²) in [7, 11) is 0. The Morgan fingerprint density at radius 2 is 1.65 bits per heavy atom. The fourth-order valence-corrected chi connectivity index (χ4v) is 4.85. The number of hydrogen-bond acceptors (Lipinski definition) is 3. The Labute approximate surface area is 140 Å². The Morgan fingerprint density at radius 3 is 2.39 bits per heavy atom. The fraction of sp³-hybridized carbons (Fsp3) is 0.889. The number of amides is 2. The molecule has 3 heterocycles. The van der Waals surface area contributed by atoms with Crippen LogP contribution in [0.2, 0.25) is 0 Å². The lowest BCUT2D eigenvalue weighted by Gasteiger charge is -2.38. The Balaban J connectivity index is 1.67. The Morgan fingerprint density at radius 1 is 0.957 bits per heavy atom. The second-order valence-electron chi connectivity index (χ2n) is 7.38. The molecule has 0 radical (unpaired) electrons. The average molecular weight is 321 g/mol. The second-order valence-corrected chi connectivity index (χ2v) is 7.38. The normalized spacial score (nSPS) is 32.5. The van der Waals surface area contributed by atoms with E-state index in [1.807, 2.05) is 4.90 Å². The molecule has 5 nitrogen and oxygen atoms in total. The van der Waals surface area contributed by atoms with Crippen LogP contribution >= 0.6 is 0 Å².